The van der Waals surface area contributed by atoms with E-state index in [9.17, 15) is 22.8 Å². The van der Waals surface area contributed by atoms with E-state index in [0.717, 1.165) is 23.8 Å². The lowest BCUT2D eigenvalue weighted by Crippen LogP contribution is -2.31. The molecule has 3 rings (SSSR count). The maximum absolute atomic E-state index is 13.0. The smallest absolute Gasteiger partial charge is 0.416 e. The third-order valence-corrected chi connectivity index (χ3v) is 4.47. The SMILES string of the molecule is COc1ccc(C(F)(F)F)cc1C(=O)Nc1ccc(C2=NNC(=O)CC2C)cc1. The lowest BCUT2D eigenvalue weighted by Gasteiger charge is -2.19. The minimum absolute atomic E-state index is 0.0354. The molecule has 6 nitrogen and oxygen atoms in total. The number of methoxy groups -OCH3 is 1. The van der Waals surface area contributed by atoms with Crippen LogP contribution in [0.1, 0.15) is 34.8 Å². The molecule has 2 aromatic carbocycles. The van der Waals surface area contributed by atoms with Gasteiger partial charge in [0.2, 0.25) is 5.91 Å². The number of alkyl halides is 3. The van der Waals surface area contributed by atoms with Crippen molar-refractivity contribution in [1.82, 2.24) is 5.43 Å². The number of hydrogen-bond acceptors (Lipinski definition) is 4. The van der Waals surface area contributed by atoms with Crippen LogP contribution in [0.5, 0.6) is 5.75 Å². The first-order chi connectivity index (χ1) is 13.7. The highest BCUT2D eigenvalue weighted by molar-refractivity contribution is 6.08. The van der Waals surface area contributed by atoms with Gasteiger partial charge in [0.1, 0.15) is 5.75 Å². The summed E-state index contributed by atoms with van der Waals surface area (Å²) in [6.07, 6.45) is -4.25. The van der Waals surface area contributed by atoms with E-state index >= 15 is 0 Å². The molecule has 0 fully saturated rings. The molecule has 152 valence electrons. The molecule has 2 N–H and O–H groups in total. The zero-order valence-corrected chi connectivity index (χ0v) is 15.6. The molecule has 0 spiro atoms. The summed E-state index contributed by atoms with van der Waals surface area (Å²) in [6, 6.07) is 9.37. The number of hydrazone groups is 1. The van der Waals surface area contributed by atoms with Crippen molar-refractivity contribution in [2.24, 2.45) is 11.0 Å². The summed E-state index contributed by atoms with van der Waals surface area (Å²) >= 11 is 0. The largest absolute Gasteiger partial charge is 0.496 e. The molecular formula is C20H18F3N3O3. The minimum Gasteiger partial charge on any atom is -0.496 e. The predicted molar refractivity (Wildman–Crippen MR) is 101 cm³/mol. The van der Waals surface area contributed by atoms with Gasteiger partial charge in [-0.1, -0.05) is 19.1 Å². The van der Waals surface area contributed by atoms with Gasteiger partial charge < -0.3 is 10.1 Å². The van der Waals surface area contributed by atoms with Crippen LogP contribution in [-0.2, 0) is 11.0 Å². The van der Waals surface area contributed by atoms with E-state index in [0.29, 0.717) is 17.8 Å². The summed E-state index contributed by atoms with van der Waals surface area (Å²) in [5.41, 5.74) is 3.15. The van der Waals surface area contributed by atoms with Gasteiger partial charge in [0.15, 0.2) is 0 Å². The molecule has 0 aliphatic carbocycles. The van der Waals surface area contributed by atoms with Crippen LogP contribution < -0.4 is 15.5 Å². The van der Waals surface area contributed by atoms with E-state index < -0.39 is 17.6 Å². The topological polar surface area (TPSA) is 79.8 Å². The summed E-state index contributed by atoms with van der Waals surface area (Å²) in [5.74, 6) is -0.900. The zero-order chi connectivity index (χ0) is 21.2. The molecule has 1 heterocycles. The fraction of sp³-hybridized carbons (Fsp3) is 0.250. The molecule has 29 heavy (non-hydrogen) atoms. The summed E-state index contributed by atoms with van der Waals surface area (Å²) in [7, 11) is 1.28. The second kappa shape index (κ2) is 7.94. The quantitative estimate of drug-likeness (QED) is 0.812. The number of benzene rings is 2. The van der Waals surface area contributed by atoms with Crippen molar-refractivity contribution < 1.29 is 27.5 Å². The van der Waals surface area contributed by atoms with Crippen LogP contribution in [0.2, 0.25) is 0 Å². The van der Waals surface area contributed by atoms with Gasteiger partial charge in [-0.15, -0.1) is 0 Å². The van der Waals surface area contributed by atoms with E-state index in [1.807, 2.05) is 6.92 Å². The van der Waals surface area contributed by atoms with Crippen molar-refractivity contribution in [3.63, 3.8) is 0 Å². The first kappa shape index (κ1) is 20.4. The van der Waals surface area contributed by atoms with Gasteiger partial charge in [-0.3, -0.25) is 9.59 Å². The molecule has 0 aromatic heterocycles. The van der Waals surface area contributed by atoms with E-state index in [1.54, 1.807) is 24.3 Å². The van der Waals surface area contributed by atoms with Gasteiger partial charge in [0.05, 0.1) is 23.9 Å². The van der Waals surface area contributed by atoms with Crippen molar-refractivity contribution in [2.75, 3.05) is 12.4 Å². The number of anilines is 1. The number of halogens is 3. The Balaban J connectivity index is 1.80. The van der Waals surface area contributed by atoms with E-state index in [1.165, 1.54) is 7.11 Å². The van der Waals surface area contributed by atoms with Gasteiger partial charge in [0.25, 0.3) is 5.91 Å². The number of nitrogens with one attached hydrogen (secondary N) is 2. The molecule has 1 atom stereocenters. The Morgan fingerprint density at radius 1 is 1.21 bits per heavy atom. The van der Waals surface area contributed by atoms with Crippen LogP contribution in [0.3, 0.4) is 0 Å². The first-order valence-electron chi connectivity index (χ1n) is 8.72. The fourth-order valence-corrected chi connectivity index (χ4v) is 2.99. The predicted octanol–water partition coefficient (Wildman–Crippen LogP) is 3.83. The van der Waals surface area contributed by atoms with Crippen molar-refractivity contribution in [2.45, 2.75) is 19.5 Å². The number of ether oxygens (including phenoxy) is 1. The average molecular weight is 405 g/mol. The Morgan fingerprint density at radius 2 is 1.90 bits per heavy atom. The maximum Gasteiger partial charge on any atom is 0.416 e. The average Bonchev–Trinajstić information content (AvgIpc) is 2.67. The lowest BCUT2D eigenvalue weighted by molar-refractivity contribution is -0.137. The highest BCUT2D eigenvalue weighted by Gasteiger charge is 2.32. The van der Waals surface area contributed by atoms with Crippen LogP contribution >= 0.6 is 0 Å². The van der Waals surface area contributed by atoms with Gasteiger partial charge in [-0.2, -0.15) is 18.3 Å². The standard InChI is InChI=1S/C20H18F3N3O3/c1-11-9-17(27)25-26-18(11)12-3-6-14(7-4-12)24-19(28)15-10-13(20(21,22)23)5-8-16(15)29-2/h3-8,10-11H,9H2,1-2H3,(H,24,28)(H,25,27). The molecule has 2 amide bonds. The highest BCUT2D eigenvalue weighted by Crippen LogP contribution is 2.33. The number of nitrogens with zero attached hydrogens (tertiary/aromatic N) is 1. The lowest BCUT2D eigenvalue weighted by atomic mass is 9.94. The third kappa shape index (κ3) is 4.56. The first-order valence-corrected chi connectivity index (χ1v) is 8.72. The number of rotatable bonds is 4. The second-order valence-electron chi connectivity index (χ2n) is 6.58. The van der Waals surface area contributed by atoms with Gasteiger partial charge in [-0.05, 0) is 35.9 Å². The number of carbonyl (C=O) groups is 2. The monoisotopic (exact) mass is 405 g/mol. The minimum atomic E-state index is -4.57. The third-order valence-electron chi connectivity index (χ3n) is 4.47. The van der Waals surface area contributed by atoms with Crippen LogP contribution in [0.15, 0.2) is 47.6 Å². The molecular weight excluding hydrogens is 387 g/mol. The van der Waals surface area contributed by atoms with Crippen LogP contribution in [0.4, 0.5) is 18.9 Å². The molecule has 1 aliphatic heterocycles. The number of carbonyl (C=O) groups excluding carboxylic acids is 2. The summed E-state index contributed by atoms with van der Waals surface area (Å²) in [4.78, 5) is 23.9. The fourth-order valence-electron chi connectivity index (χ4n) is 2.99. The molecule has 0 radical (unpaired) electrons. The highest BCUT2D eigenvalue weighted by atomic mass is 19.4. The van der Waals surface area contributed by atoms with Crippen molar-refractivity contribution in [3.8, 4) is 5.75 Å². The van der Waals surface area contributed by atoms with Crippen LogP contribution in [0, 0.1) is 5.92 Å². The molecule has 0 bridgehead atoms. The summed E-state index contributed by atoms with van der Waals surface area (Å²) in [5, 5.41) is 6.63. The van der Waals surface area contributed by atoms with Crippen molar-refractivity contribution in [1.29, 1.82) is 0 Å². The normalized spacial score (nSPS) is 16.7. The molecule has 1 aliphatic rings. The van der Waals surface area contributed by atoms with Crippen molar-refractivity contribution in [3.05, 3.63) is 59.2 Å². The van der Waals surface area contributed by atoms with Crippen molar-refractivity contribution >= 4 is 23.2 Å². The van der Waals surface area contributed by atoms with Gasteiger partial charge >= 0.3 is 6.18 Å². The Morgan fingerprint density at radius 3 is 2.48 bits per heavy atom. The summed E-state index contributed by atoms with van der Waals surface area (Å²) < 4.78 is 43.9. The zero-order valence-electron chi connectivity index (χ0n) is 15.6. The van der Waals surface area contributed by atoms with E-state index in [2.05, 4.69) is 15.8 Å². The number of amides is 2. The van der Waals surface area contributed by atoms with Gasteiger partial charge in [-0.25, -0.2) is 5.43 Å². The molecule has 9 heteroatoms. The Hall–Kier alpha value is -3.36. The maximum atomic E-state index is 13.0. The summed E-state index contributed by atoms with van der Waals surface area (Å²) in [6.45, 7) is 1.88. The Bertz CT molecular complexity index is 969. The van der Waals surface area contributed by atoms with Gasteiger partial charge in [0, 0.05) is 18.0 Å². The Labute approximate surface area is 164 Å². The molecule has 0 saturated carbocycles. The molecule has 2 aromatic rings. The number of hydrogen-bond donors (Lipinski definition) is 2. The van der Waals surface area contributed by atoms with Crippen LogP contribution in [0.25, 0.3) is 0 Å². The van der Waals surface area contributed by atoms with Crippen LogP contribution in [-0.4, -0.2) is 24.6 Å². The Kier molecular flexibility index (Phi) is 5.58. The second-order valence-corrected chi connectivity index (χ2v) is 6.58. The molecule has 0 saturated heterocycles. The molecule has 1 unspecified atom stereocenters. The van der Waals surface area contributed by atoms with E-state index in [-0.39, 0.29) is 23.1 Å². The van der Waals surface area contributed by atoms with E-state index in [4.69, 9.17) is 4.74 Å².